The summed E-state index contributed by atoms with van der Waals surface area (Å²) in [5.41, 5.74) is 2.05. The topological polar surface area (TPSA) is 69.7 Å². The normalized spacial score (nSPS) is 21.9. The molecule has 1 amide bonds. The molecule has 2 heterocycles. The highest BCUT2D eigenvalue weighted by Crippen LogP contribution is 2.21. The number of carbonyl (C=O) groups is 1. The predicted octanol–water partition coefficient (Wildman–Crippen LogP) is 1.53. The van der Waals surface area contributed by atoms with Gasteiger partial charge in [-0.2, -0.15) is 4.31 Å². The maximum atomic E-state index is 12.8. The Morgan fingerprint density at radius 3 is 2.50 bits per heavy atom. The van der Waals surface area contributed by atoms with E-state index in [9.17, 15) is 13.2 Å². The molecule has 0 aliphatic carbocycles. The van der Waals surface area contributed by atoms with Gasteiger partial charge in [0.25, 0.3) is 0 Å². The molecule has 0 aromatic heterocycles. The van der Waals surface area contributed by atoms with Crippen molar-refractivity contribution in [3.63, 3.8) is 0 Å². The molecule has 2 aliphatic heterocycles. The summed E-state index contributed by atoms with van der Waals surface area (Å²) in [4.78, 5) is 14.6. The first kappa shape index (κ1) is 19.3. The fourth-order valence-electron chi connectivity index (χ4n) is 3.65. The molecule has 1 aromatic rings. The lowest BCUT2D eigenvalue weighted by Gasteiger charge is -2.34. The number of benzene rings is 1. The number of piperazine rings is 1. The first-order chi connectivity index (χ1) is 12.4. The molecule has 2 saturated heterocycles. The van der Waals surface area contributed by atoms with Gasteiger partial charge in [0.15, 0.2) is 0 Å². The molecule has 1 unspecified atom stereocenters. The van der Waals surface area contributed by atoms with Gasteiger partial charge in [-0.3, -0.25) is 4.79 Å². The predicted molar refractivity (Wildman–Crippen MR) is 101 cm³/mol. The summed E-state index contributed by atoms with van der Waals surface area (Å²) in [6.07, 6.45) is 2.64. The van der Waals surface area contributed by atoms with Gasteiger partial charge < -0.3 is 10.2 Å². The summed E-state index contributed by atoms with van der Waals surface area (Å²) < 4.78 is 27.2. The number of rotatable bonds is 5. The molecule has 6 nitrogen and oxygen atoms in total. The molecular formula is C19H29N3O3S. The van der Waals surface area contributed by atoms with E-state index in [4.69, 9.17) is 0 Å². The van der Waals surface area contributed by atoms with E-state index in [-0.39, 0.29) is 5.91 Å². The Kier molecular flexibility index (Phi) is 5.99. The lowest BCUT2D eigenvalue weighted by molar-refractivity contribution is -0.132. The van der Waals surface area contributed by atoms with Crippen LogP contribution < -0.4 is 5.32 Å². The molecule has 26 heavy (non-hydrogen) atoms. The van der Waals surface area contributed by atoms with E-state index in [2.05, 4.69) is 5.32 Å². The largest absolute Gasteiger partial charge is 0.340 e. The zero-order valence-corrected chi connectivity index (χ0v) is 16.5. The van der Waals surface area contributed by atoms with Crippen molar-refractivity contribution >= 4 is 15.9 Å². The highest BCUT2D eigenvalue weighted by molar-refractivity contribution is 7.89. The first-order valence-electron chi connectivity index (χ1n) is 9.44. The highest BCUT2D eigenvalue weighted by atomic mass is 32.2. The SMILES string of the molecule is Cc1ccc(S(=O)(=O)N2CCN(C(=O)CCC3CCNC3)CC2)cc1C. The van der Waals surface area contributed by atoms with Crippen LogP contribution in [0.15, 0.2) is 23.1 Å². The molecule has 7 heteroatoms. The second-order valence-corrected chi connectivity index (χ2v) is 9.37. The van der Waals surface area contributed by atoms with Crippen molar-refractivity contribution in [3.8, 4) is 0 Å². The number of aryl methyl sites for hydroxylation is 2. The molecule has 1 aromatic carbocycles. The monoisotopic (exact) mass is 379 g/mol. The van der Waals surface area contributed by atoms with Crippen LogP contribution in [-0.2, 0) is 14.8 Å². The Balaban J connectivity index is 1.55. The average molecular weight is 380 g/mol. The third-order valence-electron chi connectivity index (χ3n) is 5.64. The number of amides is 1. The van der Waals surface area contributed by atoms with E-state index < -0.39 is 10.0 Å². The summed E-state index contributed by atoms with van der Waals surface area (Å²) in [5, 5.41) is 3.32. The minimum atomic E-state index is -3.49. The van der Waals surface area contributed by atoms with Crippen LogP contribution in [0.25, 0.3) is 0 Å². The molecule has 0 bridgehead atoms. The maximum Gasteiger partial charge on any atom is 0.243 e. The Hall–Kier alpha value is -1.44. The number of nitrogens with one attached hydrogen (secondary N) is 1. The molecular weight excluding hydrogens is 350 g/mol. The summed E-state index contributed by atoms with van der Waals surface area (Å²) in [6, 6.07) is 5.25. The first-order valence-corrected chi connectivity index (χ1v) is 10.9. The number of carbonyl (C=O) groups excluding carboxylic acids is 1. The van der Waals surface area contributed by atoms with Gasteiger partial charge in [-0.05, 0) is 69.0 Å². The minimum Gasteiger partial charge on any atom is -0.340 e. The second kappa shape index (κ2) is 8.06. The lowest BCUT2D eigenvalue weighted by atomic mass is 10.0. The zero-order chi connectivity index (χ0) is 18.7. The summed E-state index contributed by atoms with van der Waals surface area (Å²) in [6.45, 7) is 7.64. The Morgan fingerprint density at radius 1 is 1.15 bits per heavy atom. The van der Waals surface area contributed by atoms with Crippen LogP contribution in [0.5, 0.6) is 0 Å². The highest BCUT2D eigenvalue weighted by Gasteiger charge is 2.30. The van der Waals surface area contributed by atoms with Gasteiger partial charge >= 0.3 is 0 Å². The van der Waals surface area contributed by atoms with Crippen LogP contribution in [0.1, 0.15) is 30.4 Å². The van der Waals surface area contributed by atoms with E-state index in [1.54, 1.807) is 12.1 Å². The van der Waals surface area contributed by atoms with Crippen LogP contribution in [0.2, 0.25) is 0 Å². The molecule has 1 N–H and O–H groups in total. The fraction of sp³-hybridized carbons (Fsp3) is 0.632. The molecule has 0 radical (unpaired) electrons. The zero-order valence-electron chi connectivity index (χ0n) is 15.7. The van der Waals surface area contributed by atoms with Crippen LogP contribution in [0.4, 0.5) is 0 Å². The van der Waals surface area contributed by atoms with Gasteiger partial charge in [0.2, 0.25) is 15.9 Å². The van der Waals surface area contributed by atoms with E-state index in [1.807, 2.05) is 24.8 Å². The van der Waals surface area contributed by atoms with Crippen molar-refractivity contribution in [3.05, 3.63) is 29.3 Å². The second-order valence-electron chi connectivity index (χ2n) is 7.43. The number of hydrogen-bond donors (Lipinski definition) is 1. The number of hydrogen-bond acceptors (Lipinski definition) is 4. The van der Waals surface area contributed by atoms with Crippen molar-refractivity contribution in [2.75, 3.05) is 39.3 Å². The molecule has 3 rings (SSSR count). The maximum absolute atomic E-state index is 12.8. The minimum absolute atomic E-state index is 0.153. The fourth-order valence-corrected chi connectivity index (χ4v) is 5.16. The van der Waals surface area contributed by atoms with Crippen LogP contribution >= 0.6 is 0 Å². The Morgan fingerprint density at radius 2 is 1.88 bits per heavy atom. The van der Waals surface area contributed by atoms with Crippen LogP contribution in [0.3, 0.4) is 0 Å². The Bertz CT molecular complexity index is 749. The van der Waals surface area contributed by atoms with Gasteiger partial charge in [0.1, 0.15) is 0 Å². The summed E-state index contributed by atoms with van der Waals surface area (Å²) >= 11 is 0. The summed E-state index contributed by atoms with van der Waals surface area (Å²) in [5.74, 6) is 0.755. The van der Waals surface area contributed by atoms with Crippen LogP contribution in [-0.4, -0.2) is 62.8 Å². The van der Waals surface area contributed by atoms with Crippen molar-refractivity contribution in [1.29, 1.82) is 0 Å². The Labute approximate surface area is 156 Å². The van der Waals surface area contributed by atoms with Gasteiger partial charge in [-0.1, -0.05) is 6.07 Å². The molecule has 2 aliphatic rings. The quantitative estimate of drug-likeness (QED) is 0.842. The van der Waals surface area contributed by atoms with Gasteiger partial charge in [-0.15, -0.1) is 0 Å². The van der Waals surface area contributed by atoms with Gasteiger partial charge in [0.05, 0.1) is 4.90 Å². The third kappa shape index (κ3) is 4.27. The number of nitrogens with zero attached hydrogens (tertiary/aromatic N) is 2. The third-order valence-corrected chi connectivity index (χ3v) is 7.53. The average Bonchev–Trinajstić information content (AvgIpc) is 3.15. The standard InChI is InChI=1S/C19H29N3O3S/c1-15-3-5-18(13-16(15)2)26(24,25)22-11-9-21(10-12-22)19(23)6-4-17-7-8-20-14-17/h3,5,13,17,20H,4,6-12,14H2,1-2H3. The van der Waals surface area contributed by atoms with Gasteiger partial charge in [-0.25, -0.2) is 8.42 Å². The molecule has 0 saturated carbocycles. The molecule has 144 valence electrons. The molecule has 1 atom stereocenters. The summed E-state index contributed by atoms with van der Waals surface area (Å²) in [7, 11) is -3.49. The number of sulfonamides is 1. The smallest absolute Gasteiger partial charge is 0.243 e. The van der Waals surface area contributed by atoms with Gasteiger partial charge in [0, 0.05) is 32.6 Å². The molecule has 2 fully saturated rings. The van der Waals surface area contributed by atoms with Crippen molar-refractivity contribution in [2.45, 2.75) is 38.0 Å². The van der Waals surface area contributed by atoms with E-state index in [0.717, 1.165) is 37.1 Å². The van der Waals surface area contributed by atoms with Crippen molar-refractivity contribution in [1.82, 2.24) is 14.5 Å². The molecule has 0 spiro atoms. The van der Waals surface area contributed by atoms with E-state index >= 15 is 0 Å². The van der Waals surface area contributed by atoms with Crippen molar-refractivity contribution < 1.29 is 13.2 Å². The van der Waals surface area contributed by atoms with Crippen molar-refractivity contribution in [2.24, 2.45) is 5.92 Å². The van der Waals surface area contributed by atoms with Crippen LogP contribution in [0, 0.1) is 19.8 Å². The lowest BCUT2D eigenvalue weighted by Crippen LogP contribution is -2.50. The van der Waals surface area contributed by atoms with E-state index in [0.29, 0.717) is 43.4 Å². The van der Waals surface area contributed by atoms with E-state index in [1.165, 1.54) is 4.31 Å².